The number of carbonyl (C=O) groups excluding carboxylic acids is 1. The lowest BCUT2D eigenvalue weighted by Gasteiger charge is -2.36. The zero-order valence-electron chi connectivity index (χ0n) is 18.9. The fourth-order valence-electron chi connectivity index (χ4n) is 3.81. The summed E-state index contributed by atoms with van der Waals surface area (Å²) in [5.41, 5.74) is 1.71. The van der Waals surface area contributed by atoms with E-state index in [1.807, 2.05) is 50.2 Å². The summed E-state index contributed by atoms with van der Waals surface area (Å²) in [6.07, 6.45) is 1.56. The van der Waals surface area contributed by atoms with E-state index in [2.05, 4.69) is 26.9 Å². The topological polar surface area (TPSA) is 54.9 Å². The van der Waals surface area contributed by atoms with Gasteiger partial charge in [0.25, 0.3) is 0 Å². The minimum Gasteiger partial charge on any atom is -0.459 e. The molecule has 0 aliphatic carbocycles. The van der Waals surface area contributed by atoms with Crippen molar-refractivity contribution in [1.29, 1.82) is 0 Å². The number of halogens is 1. The largest absolute Gasteiger partial charge is 0.459 e. The fraction of sp³-hybridized carbons (Fsp3) is 0.308. The van der Waals surface area contributed by atoms with Crippen LogP contribution in [0.5, 0.6) is 11.5 Å². The third kappa shape index (κ3) is 6.24. The van der Waals surface area contributed by atoms with Crippen molar-refractivity contribution < 1.29 is 14.3 Å². The average molecular weight is 466 g/mol. The summed E-state index contributed by atoms with van der Waals surface area (Å²) in [5.74, 6) is 1.93. The van der Waals surface area contributed by atoms with Gasteiger partial charge < -0.3 is 14.4 Å². The molecule has 2 heterocycles. The van der Waals surface area contributed by atoms with Crippen LogP contribution in [-0.2, 0) is 11.3 Å². The molecule has 172 valence electrons. The van der Waals surface area contributed by atoms with Crippen LogP contribution in [0.4, 0.5) is 5.82 Å². The van der Waals surface area contributed by atoms with Gasteiger partial charge in [-0.3, -0.25) is 4.90 Å². The van der Waals surface area contributed by atoms with Crippen molar-refractivity contribution in [3.05, 3.63) is 83.0 Å². The quantitative estimate of drug-likeness (QED) is 0.434. The second-order valence-corrected chi connectivity index (χ2v) is 8.73. The molecule has 0 amide bonds. The first-order valence-corrected chi connectivity index (χ1v) is 11.5. The predicted molar refractivity (Wildman–Crippen MR) is 130 cm³/mol. The maximum absolute atomic E-state index is 12.5. The predicted octanol–water partition coefficient (Wildman–Crippen LogP) is 5.41. The van der Waals surface area contributed by atoms with Crippen LogP contribution in [0.3, 0.4) is 0 Å². The van der Waals surface area contributed by atoms with Gasteiger partial charge >= 0.3 is 5.97 Å². The van der Waals surface area contributed by atoms with Crippen LogP contribution in [0.2, 0.25) is 5.02 Å². The molecule has 0 radical (unpaired) electrons. The summed E-state index contributed by atoms with van der Waals surface area (Å²) >= 11 is 5.95. The molecule has 0 saturated carbocycles. The summed E-state index contributed by atoms with van der Waals surface area (Å²) in [4.78, 5) is 21.5. The first-order valence-electron chi connectivity index (χ1n) is 11.1. The van der Waals surface area contributed by atoms with E-state index in [0.29, 0.717) is 16.4 Å². The number of piperazine rings is 1. The number of hydrogen-bond acceptors (Lipinski definition) is 6. The van der Waals surface area contributed by atoms with Crippen LogP contribution < -0.4 is 9.64 Å². The minimum atomic E-state index is -0.326. The number of anilines is 1. The highest BCUT2D eigenvalue weighted by Gasteiger charge is 2.23. The second kappa shape index (κ2) is 10.7. The van der Waals surface area contributed by atoms with E-state index in [9.17, 15) is 4.79 Å². The summed E-state index contributed by atoms with van der Waals surface area (Å²) in [5, 5.41) is 0.685. The van der Waals surface area contributed by atoms with Gasteiger partial charge in [-0.05, 0) is 67.9 Å². The summed E-state index contributed by atoms with van der Waals surface area (Å²) in [6, 6.07) is 19.0. The Hall–Kier alpha value is -3.09. The van der Waals surface area contributed by atoms with E-state index in [0.717, 1.165) is 44.2 Å². The molecule has 0 bridgehead atoms. The van der Waals surface area contributed by atoms with E-state index in [-0.39, 0.29) is 12.1 Å². The highest BCUT2D eigenvalue weighted by molar-refractivity contribution is 6.30. The Morgan fingerprint density at radius 3 is 2.48 bits per heavy atom. The van der Waals surface area contributed by atoms with Crippen LogP contribution in [-0.4, -0.2) is 48.1 Å². The summed E-state index contributed by atoms with van der Waals surface area (Å²) in [7, 11) is 0. The number of ether oxygens (including phenoxy) is 2. The molecular formula is C26H28ClN3O3. The van der Waals surface area contributed by atoms with Crippen molar-refractivity contribution in [3.8, 4) is 11.5 Å². The molecule has 1 aliphatic heterocycles. The number of rotatable bonds is 7. The Morgan fingerprint density at radius 2 is 1.76 bits per heavy atom. The van der Waals surface area contributed by atoms with Gasteiger partial charge in [-0.2, -0.15) is 0 Å². The molecule has 0 spiro atoms. The molecule has 1 aliphatic rings. The summed E-state index contributed by atoms with van der Waals surface area (Å²) in [6.45, 7) is 7.86. The number of benzene rings is 2. The number of hydrogen-bond donors (Lipinski definition) is 0. The lowest BCUT2D eigenvalue weighted by atomic mass is 10.1. The van der Waals surface area contributed by atoms with E-state index in [1.165, 1.54) is 5.56 Å². The molecule has 1 aromatic heterocycles. The Balaban J connectivity index is 1.36. The molecule has 4 rings (SSSR count). The maximum atomic E-state index is 12.5. The smallest absolute Gasteiger partial charge is 0.342 e. The van der Waals surface area contributed by atoms with E-state index < -0.39 is 0 Å². The van der Waals surface area contributed by atoms with Crippen molar-refractivity contribution >= 4 is 23.4 Å². The molecule has 2 aromatic carbocycles. The maximum Gasteiger partial charge on any atom is 0.342 e. The van der Waals surface area contributed by atoms with Gasteiger partial charge in [0.2, 0.25) is 0 Å². The molecular weight excluding hydrogens is 438 g/mol. The molecule has 7 heteroatoms. The van der Waals surface area contributed by atoms with Gasteiger partial charge in [0, 0.05) is 43.9 Å². The standard InChI is InChI=1S/C26H28ClN3O3/c1-19(2)32-26(31)24-7-4-12-28-25(24)30-15-13-29(14-16-30)18-20-5-3-6-23(17-20)33-22-10-8-21(27)9-11-22/h3-12,17,19H,13-16,18H2,1-2H3. The Kier molecular flexibility index (Phi) is 7.47. The third-order valence-corrected chi connectivity index (χ3v) is 5.63. The number of nitrogens with zero attached hydrogens (tertiary/aromatic N) is 3. The van der Waals surface area contributed by atoms with Crippen molar-refractivity contribution in [2.24, 2.45) is 0 Å². The monoisotopic (exact) mass is 465 g/mol. The lowest BCUT2D eigenvalue weighted by Crippen LogP contribution is -2.46. The third-order valence-electron chi connectivity index (χ3n) is 5.38. The zero-order chi connectivity index (χ0) is 23.2. The van der Waals surface area contributed by atoms with E-state index >= 15 is 0 Å². The molecule has 0 atom stereocenters. The molecule has 1 fully saturated rings. The van der Waals surface area contributed by atoms with Gasteiger partial charge in [-0.1, -0.05) is 23.7 Å². The van der Waals surface area contributed by atoms with Crippen LogP contribution in [0.25, 0.3) is 0 Å². The van der Waals surface area contributed by atoms with E-state index in [4.69, 9.17) is 21.1 Å². The van der Waals surface area contributed by atoms with Crippen molar-refractivity contribution in [2.75, 3.05) is 31.1 Å². The Morgan fingerprint density at radius 1 is 1.00 bits per heavy atom. The first-order chi connectivity index (χ1) is 16.0. The summed E-state index contributed by atoms with van der Waals surface area (Å²) < 4.78 is 11.4. The van der Waals surface area contributed by atoms with Gasteiger partial charge in [-0.25, -0.2) is 9.78 Å². The second-order valence-electron chi connectivity index (χ2n) is 8.30. The van der Waals surface area contributed by atoms with Crippen LogP contribution in [0.15, 0.2) is 66.9 Å². The van der Waals surface area contributed by atoms with Crippen molar-refractivity contribution in [2.45, 2.75) is 26.5 Å². The number of esters is 1. The average Bonchev–Trinajstić information content (AvgIpc) is 2.81. The molecule has 6 nitrogen and oxygen atoms in total. The molecule has 1 saturated heterocycles. The highest BCUT2D eigenvalue weighted by atomic mass is 35.5. The molecule has 0 unspecified atom stereocenters. The van der Waals surface area contributed by atoms with Gasteiger partial charge in [-0.15, -0.1) is 0 Å². The zero-order valence-corrected chi connectivity index (χ0v) is 19.7. The Bertz CT molecular complexity index is 1080. The van der Waals surface area contributed by atoms with Gasteiger partial charge in [0.15, 0.2) is 0 Å². The van der Waals surface area contributed by atoms with Crippen LogP contribution >= 0.6 is 11.6 Å². The van der Waals surface area contributed by atoms with Crippen molar-refractivity contribution in [3.63, 3.8) is 0 Å². The Labute approximate surface area is 199 Å². The highest BCUT2D eigenvalue weighted by Crippen LogP contribution is 2.25. The van der Waals surface area contributed by atoms with Crippen LogP contribution in [0.1, 0.15) is 29.8 Å². The molecule has 3 aromatic rings. The van der Waals surface area contributed by atoms with Crippen LogP contribution in [0, 0.1) is 0 Å². The van der Waals surface area contributed by atoms with E-state index in [1.54, 1.807) is 18.3 Å². The number of carbonyl (C=O) groups is 1. The van der Waals surface area contributed by atoms with Crippen molar-refractivity contribution in [1.82, 2.24) is 9.88 Å². The van der Waals surface area contributed by atoms with Gasteiger partial charge in [0.1, 0.15) is 22.9 Å². The number of pyridine rings is 1. The normalized spacial score (nSPS) is 14.4. The van der Waals surface area contributed by atoms with Gasteiger partial charge in [0.05, 0.1) is 6.10 Å². The first kappa shape index (κ1) is 23.1. The fourth-order valence-corrected chi connectivity index (χ4v) is 3.93. The lowest BCUT2D eigenvalue weighted by molar-refractivity contribution is 0.0378. The minimum absolute atomic E-state index is 0.165. The SMILES string of the molecule is CC(C)OC(=O)c1cccnc1N1CCN(Cc2cccc(Oc3ccc(Cl)cc3)c2)CC1. The number of aromatic nitrogens is 1. The molecule has 0 N–H and O–H groups in total. The molecule has 33 heavy (non-hydrogen) atoms.